The lowest BCUT2D eigenvalue weighted by Gasteiger charge is -2.11. The fourth-order valence-electron chi connectivity index (χ4n) is 4.78. The van der Waals surface area contributed by atoms with Crippen molar-refractivity contribution in [3.05, 3.63) is 124 Å². The van der Waals surface area contributed by atoms with Crippen LogP contribution in [0.25, 0.3) is 0 Å². The molecule has 0 unspecified atom stereocenters. The third kappa shape index (κ3) is 13.1. The summed E-state index contributed by atoms with van der Waals surface area (Å²) >= 11 is 0. The Balaban J connectivity index is 0.000000274. The van der Waals surface area contributed by atoms with E-state index in [1.807, 2.05) is 6.92 Å². The number of rotatable bonds is 14. The highest BCUT2D eigenvalue weighted by molar-refractivity contribution is 5.33. The van der Waals surface area contributed by atoms with Gasteiger partial charge in [0, 0.05) is 0 Å². The van der Waals surface area contributed by atoms with Crippen molar-refractivity contribution in [2.45, 2.75) is 77.9 Å². The minimum absolute atomic E-state index is 0.110. The van der Waals surface area contributed by atoms with Gasteiger partial charge in [0.1, 0.15) is 11.5 Å². The van der Waals surface area contributed by atoms with Crippen molar-refractivity contribution >= 4 is 0 Å². The predicted molar refractivity (Wildman–Crippen MR) is 168 cm³/mol. The quantitative estimate of drug-likeness (QED) is 0.0960. The van der Waals surface area contributed by atoms with Gasteiger partial charge in [-0.05, 0) is 96.7 Å². The number of ether oxygens (including phenoxy) is 3. The number of aryl methyl sites for hydroxylation is 5. The van der Waals surface area contributed by atoms with Crippen molar-refractivity contribution in [2.24, 2.45) is 0 Å². The summed E-state index contributed by atoms with van der Waals surface area (Å²) in [6, 6.07) is 16.6. The first kappa shape index (κ1) is 40.0. The van der Waals surface area contributed by atoms with Crippen LogP contribution in [0.2, 0.25) is 0 Å². The molecule has 0 aliphatic heterocycles. The van der Waals surface area contributed by atoms with E-state index in [-0.39, 0.29) is 41.2 Å². The highest BCUT2D eigenvalue weighted by atomic mass is 19.4. The van der Waals surface area contributed by atoms with Gasteiger partial charge in [-0.1, -0.05) is 69.2 Å². The summed E-state index contributed by atoms with van der Waals surface area (Å²) in [6.07, 6.45) is -5.15. The Kier molecular flexibility index (Phi) is 14.8. The Morgan fingerprint density at radius 1 is 0.480 bits per heavy atom. The lowest BCUT2D eigenvalue weighted by molar-refractivity contribution is -0.275. The SMILES string of the molecule is CCCCCOc1ccc(CCc2ccc(OC(F)(F)F)cc2)c(F)c1F.CCc1ccc(CCc2ccc(OC(F)(F)F)cc2)c(F)c1F. The van der Waals surface area contributed by atoms with Crippen molar-refractivity contribution in [2.75, 3.05) is 6.61 Å². The Hall–Kier alpha value is -4.42. The number of hydrogen-bond acceptors (Lipinski definition) is 3. The molecule has 3 nitrogen and oxygen atoms in total. The summed E-state index contributed by atoms with van der Waals surface area (Å²) in [5, 5.41) is 0. The van der Waals surface area contributed by atoms with E-state index in [4.69, 9.17) is 4.74 Å². The topological polar surface area (TPSA) is 27.7 Å². The van der Waals surface area contributed by atoms with Crippen molar-refractivity contribution in [1.29, 1.82) is 0 Å². The van der Waals surface area contributed by atoms with E-state index in [1.165, 1.54) is 60.7 Å². The van der Waals surface area contributed by atoms with Gasteiger partial charge in [-0.15, -0.1) is 26.3 Å². The van der Waals surface area contributed by atoms with E-state index in [2.05, 4.69) is 9.47 Å². The molecule has 0 aliphatic carbocycles. The summed E-state index contributed by atoms with van der Waals surface area (Å²) in [5.41, 5.74) is 2.14. The van der Waals surface area contributed by atoms with Crippen LogP contribution in [0.1, 0.15) is 60.9 Å². The van der Waals surface area contributed by atoms with Gasteiger partial charge in [0.2, 0.25) is 5.82 Å². The maximum Gasteiger partial charge on any atom is 0.573 e. The first-order valence-corrected chi connectivity index (χ1v) is 15.8. The molecular weight excluding hydrogens is 682 g/mol. The standard InChI is InChI=1S/C20H21F5O2.C17H15F5O/c1-2-3-4-13-26-17-12-9-15(18(21)19(17)22)8-5-14-6-10-16(11-7-14)27-20(23,24)25;1-2-12-7-8-13(16(19)15(12)18)6-3-11-4-9-14(10-5-11)23-17(20,21)22/h6-7,9-12H,2-5,8,13H2,1H3;4-5,7-10H,2-3,6H2,1H3. The molecule has 0 bridgehead atoms. The third-order valence-corrected chi connectivity index (χ3v) is 7.44. The minimum Gasteiger partial charge on any atom is -0.490 e. The number of alkyl halides is 6. The summed E-state index contributed by atoms with van der Waals surface area (Å²) in [4.78, 5) is 0. The highest BCUT2D eigenvalue weighted by Crippen LogP contribution is 2.27. The molecule has 0 fully saturated rings. The summed E-state index contributed by atoms with van der Waals surface area (Å²) in [7, 11) is 0. The number of unbranched alkanes of at least 4 members (excludes halogenated alkanes) is 2. The molecule has 0 radical (unpaired) electrons. The normalized spacial score (nSPS) is 11.5. The fraction of sp³-hybridized carbons (Fsp3) is 0.351. The van der Waals surface area contributed by atoms with E-state index in [9.17, 15) is 43.9 Å². The Bertz CT molecular complexity index is 1630. The molecule has 4 aromatic rings. The zero-order chi connectivity index (χ0) is 36.9. The van der Waals surface area contributed by atoms with Crippen LogP contribution in [0, 0.1) is 23.3 Å². The second-order valence-electron chi connectivity index (χ2n) is 11.2. The van der Waals surface area contributed by atoms with Gasteiger partial charge in [-0.3, -0.25) is 0 Å². The maximum absolute atomic E-state index is 14.2. The number of hydrogen-bond donors (Lipinski definition) is 0. The van der Waals surface area contributed by atoms with Gasteiger partial charge in [0.15, 0.2) is 23.2 Å². The summed E-state index contributed by atoms with van der Waals surface area (Å²) in [6.45, 7) is 4.10. The van der Waals surface area contributed by atoms with Gasteiger partial charge >= 0.3 is 12.7 Å². The molecule has 13 heteroatoms. The molecule has 0 saturated heterocycles. The molecule has 0 saturated carbocycles. The molecule has 0 heterocycles. The molecule has 272 valence electrons. The molecule has 0 N–H and O–H groups in total. The van der Waals surface area contributed by atoms with Gasteiger partial charge in [-0.2, -0.15) is 4.39 Å². The van der Waals surface area contributed by atoms with E-state index in [1.54, 1.807) is 19.1 Å². The average Bonchev–Trinajstić information content (AvgIpc) is 3.05. The van der Waals surface area contributed by atoms with Crippen molar-refractivity contribution in [3.8, 4) is 17.2 Å². The van der Waals surface area contributed by atoms with Gasteiger partial charge in [0.05, 0.1) is 6.61 Å². The number of benzene rings is 4. The lowest BCUT2D eigenvalue weighted by Crippen LogP contribution is -2.17. The second-order valence-corrected chi connectivity index (χ2v) is 11.2. The molecule has 0 amide bonds. The maximum atomic E-state index is 14.2. The summed E-state index contributed by atoms with van der Waals surface area (Å²) in [5.74, 6) is -4.42. The van der Waals surface area contributed by atoms with Crippen LogP contribution in [0.15, 0.2) is 72.8 Å². The monoisotopic (exact) mass is 718 g/mol. The van der Waals surface area contributed by atoms with Crippen molar-refractivity contribution in [3.63, 3.8) is 0 Å². The van der Waals surface area contributed by atoms with Crippen LogP contribution in [0.3, 0.4) is 0 Å². The predicted octanol–water partition coefficient (Wildman–Crippen LogP) is 11.4. The van der Waals surface area contributed by atoms with E-state index in [0.29, 0.717) is 42.6 Å². The van der Waals surface area contributed by atoms with Crippen LogP contribution in [-0.4, -0.2) is 19.3 Å². The fourth-order valence-corrected chi connectivity index (χ4v) is 4.78. The first-order chi connectivity index (χ1) is 23.6. The molecule has 4 rings (SSSR count). The van der Waals surface area contributed by atoms with Crippen molar-refractivity contribution in [1.82, 2.24) is 0 Å². The van der Waals surface area contributed by atoms with Gasteiger partial charge in [-0.25, -0.2) is 13.2 Å². The van der Waals surface area contributed by atoms with Crippen LogP contribution in [0.4, 0.5) is 43.9 Å². The van der Waals surface area contributed by atoms with Gasteiger partial charge in [0.25, 0.3) is 0 Å². The molecule has 50 heavy (non-hydrogen) atoms. The zero-order valence-corrected chi connectivity index (χ0v) is 27.3. The Labute approximate surface area is 283 Å². The summed E-state index contributed by atoms with van der Waals surface area (Å²) < 4.78 is 141. The first-order valence-electron chi connectivity index (χ1n) is 15.8. The molecule has 0 atom stereocenters. The molecular formula is C37H36F10O3. The average molecular weight is 719 g/mol. The molecule has 4 aromatic carbocycles. The van der Waals surface area contributed by atoms with Gasteiger partial charge < -0.3 is 14.2 Å². The number of halogens is 10. The van der Waals surface area contributed by atoms with Crippen LogP contribution in [0.5, 0.6) is 17.2 Å². The highest BCUT2D eigenvalue weighted by Gasteiger charge is 2.31. The molecule has 0 spiro atoms. The Morgan fingerprint density at radius 3 is 1.34 bits per heavy atom. The third-order valence-electron chi connectivity index (χ3n) is 7.44. The zero-order valence-electron chi connectivity index (χ0n) is 27.3. The van der Waals surface area contributed by atoms with E-state index >= 15 is 0 Å². The molecule has 0 aliphatic rings. The second kappa shape index (κ2) is 18.5. The Morgan fingerprint density at radius 2 is 0.900 bits per heavy atom. The van der Waals surface area contributed by atoms with E-state index < -0.39 is 36.0 Å². The van der Waals surface area contributed by atoms with Crippen LogP contribution >= 0.6 is 0 Å². The lowest BCUT2D eigenvalue weighted by atomic mass is 10.0. The van der Waals surface area contributed by atoms with Crippen LogP contribution < -0.4 is 14.2 Å². The van der Waals surface area contributed by atoms with Crippen molar-refractivity contribution < 1.29 is 58.1 Å². The largest absolute Gasteiger partial charge is 0.573 e. The minimum atomic E-state index is -4.75. The smallest absolute Gasteiger partial charge is 0.490 e. The van der Waals surface area contributed by atoms with E-state index in [0.717, 1.165) is 19.3 Å². The molecule has 0 aromatic heterocycles. The van der Waals surface area contributed by atoms with Crippen LogP contribution in [-0.2, 0) is 32.1 Å².